The largest absolute Gasteiger partial charge is 0.462 e. The molecule has 0 radical (unpaired) electrons. The third-order valence-corrected chi connectivity index (χ3v) is 6.97. The van der Waals surface area contributed by atoms with E-state index in [4.69, 9.17) is 4.74 Å². The van der Waals surface area contributed by atoms with Crippen LogP contribution in [0.25, 0.3) is 11.0 Å². The van der Waals surface area contributed by atoms with Crippen molar-refractivity contribution in [2.24, 2.45) is 7.05 Å². The Kier molecular flexibility index (Phi) is 5.41. The second-order valence-electron chi connectivity index (χ2n) is 6.56. The number of hydrogen-bond donors (Lipinski definition) is 1. The van der Waals surface area contributed by atoms with Gasteiger partial charge >= 0.3 is 5.97 Å². The molecule has 4 rings (SSSR count). The van der Waals surface area contributed by atoms with Crippen molar-refractivity contribution in [1.29, 1.82) is 0 Å². The first-order chi connectivity index (χ1) is 13.6. The van der Waals surface area contributed by atoms with Crippen LogP contribution in [0.4, 0.5) is 5.00 Å². The lowest BCUT2D eigenvalue weighted by molar-refractivity contribution is -0.113. The molecular weight excluding hydrogens is 394 g/mol. The minimum Gasteiger partial charge on any atom is -0.462 e. The number of nitrogens with zero attached hydrogens (tertiary/aromatic N) is 2. The zero-order valence-electron chi connectivity index (χ0n) is 15.8. The van der Waals surface area contributed by atoms with Gasteiger partial charge in [0.1, 0.15) is 5.00 Å². The quantitative estimate of drug-likeness (QED) is 0.486. The predicted octanol–water partition coefficient (Wildman–Crippen LogP) is 4.03. The number of benzene rings is 1. The Hall–Kier alpha value is -2.32. The molecule has 0 saturated carbocycles. The van der Waals surface area contributed by atoms with Crippen LogP contribution in [0.5, 0.6) is 0 Å². The molecule has 0 aliphatic heterocycles. The Morgan fingerprint density at radius 1 is 1.32 bits per heavy atom. The number of nitrogens with one attached hydrogen (secondary N) is 1. The number of esters is 1. The number of rotatable bonds is 6. The van der Waals surface area contributed by atoms with Gasteiger partial charge in [0.05, 0.1) is 29.0 Å². The summed E-state index contributed by atoms with van der Waals surface area (Å²) in [5, 5.41) is 4.32. The Morgan fingerprint density at radius 2 is 2.14 bits per heavy atom. The summed E-state index contributed by atoms with van der Waals surface area (Å²) in [5.41, 5.74) is 3.53. The van der Waals surface area contributed by atoms with Crippen molar-refractivity contribution >= 4 is 51.0 Å². The number of carbonyl (C=O) groups excluding carboxylic acids is 2. The van der Waals surface area contributed by atoms with Gasteiger partial charge in [0.2, 0.25) is 5.91 Å². The summed E-state index contributed by atoms with van der Waals surface area (Å²) < 4.78 is 7.19. The predicted molar refractivity (Wildman–Crippen MR) is 112 cm³/mol. The summed E-state index contributed by atoms with van der Waals surface area (Å²) in [4.78, 5) is 30.7. The van der Waals surface area contributed by atoms with Gasteiger partial charge in [0, 0.05) is 11.9 Å². The average molecular weight is 416 g/mol. The van der Waals surface area contributed by atoms with E-state index >= 15 is 0 Å². The van der Waals surface area contributed by atoms with Crippen molar-refractivity contribution in [3.05, 3.63) is 40.3 Å². The lowest BCUT2D eigenvalue weighted by Crippen LogP contribution is -2.17. The first-order valence-electron chi connectivity index (χ1n) is 9.24. The summed E-state index contributed by atoms with van der Waals surface area (Å²) in [5.74, 6) is -0.273. The van der Waals surface area contributed by atoms with E-state index in [0.717, 1.165) is 41.0 Å². The molecule has 28 heavy (non-hydrogen) atoms. The van der Waals surface area contributed by atoms with Crippen molar-refractivity contribution in [2.45, 2.75) is 31.3 Å². The molecule has 1 aromatic carbocycles. The maximum absolute atomic E-state index is 12.6. The molecule has 1 aliphatic rings. The number of aromatic nitrogens is 2. The molecule has 1 aliphatic carbocycles. The Balaban J connectivity index is 1.48. The van der Waals surface area contributed by atoms with Gasteiger partial charge in [0.15, 0.2) is 5.16 Å². The molecular formula is C20H21N3O3S2. The van der Waals surface area contributed by atoms with Crippen molar-refractivity contribution in [3.8, 4) is 0 Å². The van der Waals surface area contributed by atoms with E-state index < -0.39 is 0 Å². The van der Waals surface area contributed by atoms with Crippen LogP contribution in [-0.2, 0) is 29.4 Å². The highest BCUT2D eigenvalue weighted by molar-refractivity contribution is 7.99. The Labute approximate surface area is 171 Å². The number of para-hydroxylation sites is 2. The lowest BCUT2D eigenvalue weighted by atomic mass is 10.1. The zero-order chi connectivity index (χ0) is 19.7. The average Bonchev–Trinajstić information content (AvgIpc) is 3.34. The van der Waals surface area contributed by atoms with Crippen LogP contribution >= 0.6 is 23.1 Å². The van der Waals surface area contributed by atoms with Crippen molar-refractivity contribution < 1.29 is 14.3 Å². The molecule has 6 nitrogen and oxygen atoms in total. The van der Waals surface area contributed by atoms with Gasteiger partial charge in [-0.2, -0.15) is 0 Å². The topological polar surface area (TPSA) is 73.2 Å². The van der Waals surface area contributed by atoms with Crippen LogP contribution in [0.1, 0.15) is 34.1 Å². The number of hydrogen-bond acceptors (Lipinski definition) is 6. The van der Waals surface area contributed by atoms with Crippen LogP contribution in [0.3, 0.4) is 0 Å². The minimum absolute atomic E-state index is 0.150. The number of thiophene rings is 1. The van der Waals surface area contributed by atoms with Gasteiger partial charge in [0.25, 0.3) is 0 Å². The third-order valence-electron chi connectivity index (χ3n) is 4.73. The molecule has 0 spiro atoms. The highest BCUT2D eigenvalue weighted by Crippen LogP contribution is 2.39. The molecule has 1 amide bonds. The number of carbonyl (C=O) groups is 2. The summed E-state index contributed by atoms with van der Waals surface area (Å²) in [6.45, 7) is 2.11. The van der Waals surface area contributed by atoms with Crippen LogP contribution in [-0.4, -0.2) is 33.8 Å². The number of amides is 1. The van der Waals surface area contributed by atoms with Crippen LogP contribution in [0.15, 0.2) is 29.4 Å². The van der Waals surface area contributed by atoms with Gasteiger partial charge < -0.3 is 14.6 Å². The molecule has 0 unspecified atom stereocenters. The second-order valence-corrected chi connectivity index (χ2v) is 8.61. The molecule has 2 heterocycles. The Morgan fingerprint density at radius 3 is 2.93 bits per heavy atom. The summed E-state index contributed by atoms with van der Waals surface area (Å²) in [7, 11) is 1.94. The fourth-order valence-corrected chi connectivity index (χ4v) is 5.54. The maximum Gasteiger partial charge on any atom is 0.341 e. The van der Waals surface area contributed by atoms with Gasteiger partial charge in [-0.05, 0) is 43.9 Å². The van der Waals surface area contributed by atoms with Crippen molar-refractivity contribution in [2.75, 3.05) is 17.7 Å². The van der Waals surface area contributed by atoms with E-state index in [1.54, 1.807) is 6.92 Å². The fraction of sp³-hybridized carbons (Fsp3) is 0.350. The zero-order valence-corrected chi connectivity index (χ0v) is 17.4. The summed E-state index contributed by atoms with van der Waals surface area (Å²) >= 11 is 2.88. The number of ether oxygens (including phenoxy) is 1. The molecule has 0 fully saturated rings. The molecule has 3 aromatic rings. The SMILES string of the molecule is CCOC(=O)c1c(NC(=O)CSc2nc3ccccc3n2C)sc2c1CCC2. The molecule has 0 atom stereocenters. The number of aryl methyl sites for hydroxylation is 2. The van der Waals surface area contributed by atoms with E-state index in [-0.39, 0.29) is 17.6 Å². The van der Waals surface area contributed by atoms with Gasteiger partial charge in [-0.25, -0.2) is 9.78 Å². The van der Waals surface area contributed by atoms with Crippen LogP contribution in [0.2, 0.25) is 0 Å². The summed E-state index contributed by atoms with van der Waals surface area (Å²) in [6.07, 6.45) is 2.87. The molecule has 0 saturated heterocycles. The fourth-order valence-electron chi connectivity index (χ4n) is 3.46. The van der Waals surface area contributed by atoms with Gasteiger partial charge in [-0.3, -0.25) is 4.79 Å². The highest BCUT2D eigenvalue weighted by Gasteiger charge is 2.28. The first kappa shape index (κ1) is 19.0. The molecule has 2 aromatic heterocycles. The van der Waals surface area contributed by atoms with E-state index in [1.165, 1.54) is 28.0 Å². The standard InChI is InChI=1S/C20H21N3O3S2/c1-3-26-19(25)17-12-7-6-10-15(12)28-18(17)22-16(24)11-27-20-21-13-8-4-5-9-14(13)23(20)2/h4-5,8-9H,3,6-7,10-11H2,1-2H3,(H,22,24). The number of fused-ring (bicyclic) bond motifs is 2. The van der Waals surface area contributed by atoms with Crippen molar-refractivity contribution in [3.63, 3.8) is 0 Å². The van der Waals surface area contributed by atoms with E-state index in [9.17, 15) is 9.59 Å². The molecule has 0 bridgehead atoms. The minimum atomic E-state index is -0.347. The van der Waals surface area contributed by atoms with E-state index in [1.807, 2.05) is 35.9 Å². The molecule has 146 valence electrons. The van der Waals surface area contributed by atoms with Crippen LogP contribution in [0, 0.1) is 0 Å². The van der Waals surface area contributed by atoms with Crippen molar-refractivity contribution in [1.82, 2.24) is 9.55 Å². The third kappa shape index (κ3) is 3.54. The first-order valence-corrected chi connectivity index (χ1v) is 11.0. The van der Waals surface area contributed by atoms with E-state index in [0.29, 0.717) is 17.2 Å². The normalized spacial score (nSPS) is 12.9. The Bertz CT molecular complexity index is 1050. The maximum atomic E-state index is 12.6. The smallest absolute Gasteiger partial charge is 0.341 e. The molecule has 1 N–H and O–H groups in total. The number of imidazole rings is 1. The molecule has 8 heteroatoms. The number of thioether (sulfide) groups is 1. The summed E-state index contributed by atoms with van der Waals surface area (Å²) in [6, 6.07) is 7.88. The van der Waals surface area contributed by atoms with Crippen LogP contribution < -0.4 is 5.32 Å². The van der Waals surface area contributed by atoms with Gasteiger partial charge in [-0.1, -0.05) is 23.9 Å². The highest BCUT2D eigenvalue weighted by atomic mass is 32.2. The monoisotopic (exact) mass is 415 g/mol. The number of anilines is 1. The van der Waals surface area contributed by atoms with E-state index in [2.05, 4.69) is 10.3 Å². The lowest BCUT2D eigenvalue weighted by Gasteiger charge is -2.08. The van der Waals surface area contributed by atoms with Gasteiger partial charge in [-0.15, -0.1) is 11.3 Å². The second kappa shape index (κ2) is 7.97.